The highest BCUT2D eigenvalue weighted by Gasteiger charge is 2.08. The molecule has 0 spiro atoms. The number of carboxylic acids is 1. The van der Waals surface area contributed by atoms with E-state index in [1.165, 1.54) is 5.56 Å². The van der Waals surface area contributed by atoms with Crippen molar-refractivity contribution in [3.8, 4) is 0 Å². The first-order valence-electron chi connectivity index (χ1n) is 4.86. The number of aryl methyl sites for hydroxylation is 2. The van der Waals surface area contributed by atoms with Gasteiger partial charge in [0.15, 0.2) is 0 Å². The maximum absolute atomic E-state index is 10.7. The molecule has 1 N–H and O–H groups in total. The van der Waals surface area contributed by atoms with Crippen LogP contribution < -0.4 is 0 Å². The molecule has 2 aromatic rings. The number of hydrogen-bond donors (Lipinski definition) is 1. The zero-order chi connectivity index (χ0) is 11.0. The number of benzene rings is 1. The summed E-state index contributed by atoms with van der Waals surface area (Å²) in [5.74, 6) is -0.812. The van der Waals surface area contributed by atoms with Crippen LogP contribution in [-0.4, -0.2) is 15.6 Å². The van der Waals surface area contributed by atoms with E-state index in [4.69, 9.17) is 5.11 Å². The number of hydrogen-bond acceptors (Lipinski definition) is 1. The van der Waals surface area contributed by atoms with Crippen molar-refractivity contribution in [2.24, 2.45) is 0 Å². The van der Waals surface area contributed by atoms with E-state index in [-0.39, 0.29) is 6.54 Å². The smallest absolute Gasteiger partial charge is 0.323 e. The fourth-order valence-corrected chi connectivity index (χ4v) is 1.93. The fourth-order valence-electron chi connectivity index (χ4n) is 1.93. The van der Waals surface area contributed by atoms with Crippen LogP contribution in [0, 0.1) is 13.8 Å². The van der Waals surface area contributed by atoms with Crippen molar-refractivity contribution in [1.29, 1.82) is 0 Å². The van der Waals surface area contributed by atoms with Gasteiger partial charge in [-0.25, -0.2) is 0 Å². The number of aliphatic carboxylic acids is 1. The Morgan fingerprint density at radius 1 is 1.27 bits per heavy atom. The molecule has 1 aromatic heterocycles. The van der Waals surface area contributed by atoms with Gasteiger partial charge in [-0.2, -0.15) is 0 Å². The van der Waals surface area contributed by atoms with E-state index < -0.39 is 5.97 Å². The second-order valence-electron chi connectivity index (χ2n) is 3.80. The molecule has 3 nitrogen and oxygen atoms in total. The molecule has 0 fully saturated rings. The van der Waals surface area contributed by atoms with Crippen molar-refractivity contribution in [1.82, 2.24) is 4.57 Å². The lowest BCUT2D eigenvalue weighted by Crippen LogP contribution is -2.07. The maximum Gasteiger partial charge on any atom is 0.323 e. The van der Waals surface area contributed by atoms with Crippen LogP contribution in [0.3, 0.4) is 0 Å². The van der Waals surface area contributed by atoms with Gasteiger partial charge in [0.25, 0.3) is 0 Å². The number of carbonyl (C=O) groups is 1. The third-order valence-corrected chi connectivity index (χ3v) is 2.65. The molecular weight excluding hydrogens is 190 g/mol. The molecular formula is C12H13NO2. The maximum atomic E-state index is 10.7. The van der Waals surface area contributed by atoms with Gasteiger partial charge in [0.05, 0.1) is 5.52 Å². The summed E-state index contributed by atoms with van der Waals surface area (Å²) >= 11 is 0. The Kier molecular flexibility index (Phi) is 2.23. The van der Waals surface area contributed by atoms with Crippen LogP contribution in [0.5, 0.6) is 0 Å². The Hall–Kier alpha value is -1.77. The van der Waals surface area contributed by atoms with Gasteiger partial charge in [0.1, 0.15) is 6.54 Å². The first-order chi connectivity index (χ1) is 7.09. The van der Waals surface area contributed by atoms with E-state index in [1.807, 2.05) is 32.2 Å². The van der Waals surface area contributed by atoms with Crippen LogP contribution in [0.25, 0.3) is 10.9 Å². The van der Waals surface area contributed by atoms with Crippen LogP contribution in [0.4, 0.5) is 0 Å². The van der Waals surface area contributed by atoms with Crippen molar-refractivity contribution in [3.05, 3.63) is 35.5 Å². The second kappa shape index (κ2) is 3.42. The van der Waals surface area contributed by atoms with Crippen LogP contribution >= 0.6 is 0 Å². The number of fused-ring (bicyclic) bond motifs is 1. The van der Waals surface area contributed by atoms with E-state index in [9.17, 15) is 4.79 Å². The topological polar surface area (TPSA) is 42.2 Å². The number of carboxylic acid groups (broad SMARTS) is 1. The molecule has 0 radical (unpaired) electrons. The van der Waals surface area contributed by atoms with Crippen molar-refractivity contribution in [2.45, 2.75) is 20.4 Å². The summed E-state index contributed by atoms with van der Waals surface area (Å²) in [7, 11) is 0. The minimum Gasteiger partial charge on any atom is -0.480 e. The third kappa shape index (κ3) is 1.61. The molecule has 1 aromatic carbocycles. The Bertz CT molecular complexity index is 526. The number of aromatic nitrogens is 1. The van der Waals surface area contributed by atoms with Crippen LogP contribution in [0.2, 0.25) is 0 Å². The predicted octanol–water partition coefficient (Wildman–Crippen LogP) is 2.34. The molecule has 1 heterocycles. The Labute approximate surface area is 87.9 Å². The summed E-state index contributed by atoms with van der Waals surface area (Å²) in [4.78, 5) is 10.7. The van der Waals surface area contributed by atoms with Crippen LogP contribution in [-0.2, 0) is 11.3 Å². The van der Waals surface area contributed by atoms with Gasteiger partial charge in [-0.05, 0) is 31.0 Å². The lowest BCUT2D eigenvalue weighted by atomic mass is 10.1. The molecule has 2 rings (SSSR count). The fraction of sp³-hybridized carbons (Fsp3) is 0.250. The first kappa shape index (κ1) is 9.77. The molecule has 0 bridgehead atoms. The summed E-state index contributed by atoms with van der Waals surface area (Å²) in [6.07, 6.45) is 1.83. The van der Waals surface area contributed by atoms with E-state index in [2.05, 4.69) is 6.07 Å². The molecule has 0 aliphatic rings. The van der Waals surface area contributed by atoms with Gasteiger partial charge in [0, 0.05) is 11.6 Å². The molecule has 0 amide bonds. The number of rotatable bonds is 2. The lowest BCUT2D eigenvalue weighted by molar-refractivity contribution is -0.137. The van der Waals surface area contributed by atoms with E-state index in [1.54, 1.807) is 4.57 Å². The zero-order valence-electron chi connectivity index (χ0n) is 8.82. The Morgan fingerprint density at radius 2 is 1.93 bits per heavy atom. The summed E-state index contributed by atoms with van der Waals surface area (Å²) in [5, 5.41) is 9.92. The molecule has 3 heteroatoms. The minimum absolute atomic E-state index is 0.0216. The highest BCUT2D eigenvalue weighted by Crippen LogP contribution is 2.23. The average Bonchev–Trinajstić information content (AvgIpc) is 2.56. The van der Waals surface area contributed by atoms with Gasteiger partial charge in [0.2, 0.25) is 0 Å². The monoisotopic (exact) mass is 203 g/mol. The molecule has 78 valence electrons. The van der Waals surface area contributed by atoms with E-state index in [0.29, 0.717) is 0 Å². The SMILES string of the molecule is Cc1ccc(C)c2c1ccn2CC(=O)O. The molecule has 0 unspecified atom stereocenters. The molecule has 0 saturated carbocycles. The standard InChI is InChI=1S/C12H13NO2/c1-8-3-4-9(2)12-10(8)5-6-13(12)7-11(14)15/h3-6H,7H2,1-2H3,(H,14,15). The average molecular weight is 203 g/mol. The predicted molar refractivity (Wildman–Crippen MR) is 59.0 cm³/mol. The van der Waals surface area contributed by atoms with E-state index >= 15 is 0 Å². The second-order valence-corrected chi connectivity index (χ2v) is 3.80. The summed E-state index contributed by atoms with van der Waals surface area (Å²) in [5.41, 5.74) is 3.32. The first-order valence-corrected chi connectivity index (χ1v) is 4.86. The van der Waals surface area contributed by atoms with Crippen molar-refractivity contribution in [2.75, 3.05) is 0 Å². The largest absolute Gasteiger partial charge is 0.480 e. The Balaban J connectivity index is 2.67. The van der Waals surface area contributed by atoms with Gasteiger partial charge < -0.3 is 9.67 Å². The van der Waals surface area contributed by atoms with E-state index in [0.717, 1.165) is 16.5 Å². The van der Waals surface area contributed by atoms with Crippen molar-refractivity contribution < 1.29 is 9.90 Å². The lowest BCUT2D eigenvalue weighted by Gasteiger charge is -2.05. The molecule has 0 aliphatic carbocycles. The van der Waals surface area contributed by atoms with Crippen molar-refractivity contribution in [3.63, 3.8) is 0 Å². The van der Waals surface area contributed by atoms with Crippen LogP contribution in [0.1, 0.15) is 11.1 Å². The van der Waals surface area contributed by atoms with Crippen molar-refractivity contribution >= 4 is 16.9 Å². The normalized spacial score (nSPS) is 10.8. The summed E-state index contributed by atoms with van der Waals surface area (Å²) in [6, 6.07) is 6.05. The summed E-state index contributed by atoms with van der Waals surface area (Å²) < 4.78 is 1.78. The zero-order valence-corrected chi connectivity index (χ0v) is 8.82. The summed E-state index contributed by atoms with van der Waals surface area (Å²) in [6.45, 7) is 4.06. The molecule has 0 atom stereocenters. The highest BCUT2D eigenvalue weighted by molar-refractivity contribution is 5.87. The third-order valence-electron chi connectivity index (χ3n) is 2.65. The quantitative estimate of drug-likeness (QED) is 0.814. The Morgan fingerprint density at radius 3 is 2.60 bits per heavy atom. The van der Waals surface area contributed by atoms with Crippen LogP contribution in [0.15, 0.2) is 24.4 Å². The minimum atomic E-state index is -0.812. The van der Waals surface area contributed by atoms with Gasteiger partial charge >= 0.3 is 5.97 Å². The molecule has 0 aliphatic heterocycles. The van der Waals surface area contributed by atoms with Gasteiger partial charge in [-0.3, -0.25) is 4.79 Å². The molecule has 0 saturated heterocycles. The van der Waals surface area contributed by atoms with Gasteiger partial charge in [-0.1, -0.05) is 12.1 Å². The highest BCUT2D eigenvalue weighted by atomic mass is 16.4. The van der Waals surface area contributed by atoms with Gasteiger partial charge in [-0.15, -0.1) is 0 Å². The number of nitrogens with zero attached hydrogens (tertiary/aromatic N) is 1. The molecule has 15 heavy (non-hydrogen) atoms.